The van der Waals surface area contributed by atoms with Crippen LogP contribution in [0.2, 0.25) is 0 Å². The topological polar surface area (TPSA) is 78.1 Å². The molecule has 2 aromatic carbocycles. The molecule has 1 aromatic heterocycles. The predicted molar refractivity (Wildman–Crippen MR) is 107 cm³/mol. The molecular formula is C21H22N2O4S. The van der Waals surface area contributed by atoms with Crippen LogP contribution in [0.5, 0.6) is 0 Å². The molecule has 0 unspecified atom stereocenters. The maximum atomic E-state index is 12.9. The molecule has 0 aliphatic heterocycles. The van der Waals surface area contributed by atoms with Gasteiger partial charge < -0.3 is 0 Å². The quantitative estimate of drug-likeness (QED) is 0.660. The van der Waals surface area contributed by atoms with Crippen molar-refractivity contribution in [1.29, 1.82) is 0 Å². The van der Waals surface area contributed by atoms with Crippen molar-refractivity contribution in [2.75, 3.05) is 0 Å². The van der Waals surface area contributed by atoms with Crippen LogP contribution >= 0.6 is 0 Å². The Morgan fingerprint density at radius 2 is 1.68 bits per heavy atom. The van der Waals surface area contributed by atoms with E-state index >= 15 is 0 Å². The second-order valence-electron chi connectivity index (χ2n) is 6.71. The minimum Gasteiger partial charge on any atom is -0.273 e. The Kier molecular flexibility index (Phi) is 5.38. The van der Waals surface area contributed by atoms with Gasteiger partial charge in [-0.15, -0.1) is 0 Å². The molecule has 3 rings (SSSR count). The molecule has 1 atom stereocenters. The van der Waals surface area contributed by atoms with Gasteiger partial charge in [-0.1, -0.05) is 43.3 Å². The molecule has 3 aromatic rings. The minimum atomic E-state index is -4.09. The van der Waals surface area contributed by atoms with Gasteiger partial charge in [-0.25, -0.2) is 17.8 Å². The third kappa shape index (κ3) is 3.45. The minimum absolute atomic E-state index is 0.0120. The van der Waals surface area contributed by atoms with Crippen LogP contribution in [0.4, 0.5) is 0 Å². The van der Waals surface area contributed by atoms with Crippen LogP contribution in [-0.2, 0) is 10.0 Å². The number of rotatable bonds is 5. The summed E-state index contributed by atoms with van der Waals surface area (Å²) in [4.78, 5) is 25.7. The SMILES string of the molecule is CC[C@@H](C(=O)n1ccn(S(=O)(=O)c2ccc(C)c(C)c2)c1=O)c1ccccc1. The van der Waals surface area contributed by atoms with Gasteiger partial charge in [0, 0.05) is 12.4 Å². The molecule has 0 radical (unpaired) electrons. The molecule has 28 heavy (non-hydrogen) atoms. The van der Waals surface area contributed by atoms with Crippen LogP contribution in [0.1, 0.15) is 40.7 Å². The largest absolute Gasteiger partial charge is 0.349 e. The summed E-state index contributed by atoms with van der Waals surface area (Å²) in [6.07, 6.45) is 2.84. The lowest BCUT2D eigenvalue weighted by Crippen LogP contribution is -2.34. The molecule has 0 spiro atoms. The van der Waals surface area contributed by atoms with Gasteiger partial charge in [0.1, 0.15) is 0 Å². The maximum absolute atomic E-state index is 12.9. The second-order valence-corrected chi connectivity index (χ2v) is 8.52. The normalized spacial score (nSPS) is 12.7. The van der Waals surface area contributed by atoms with Gasteiger partial charge in [0.25, 0.3) is 10.0 Å². The summed E-state index contributed by atoms with van der Waals surface area (Å²) < 4.78 is 27.3. The van der Waals surface area contributed by atoms with Gasteiger partial charge in [-0.05, 0) is 49.1 Å². The summed E-state index contributed by atoms with van der Waals surface area (Å²) in [5, 5.41) is 0. The smallest absolute Gasteiger partial charge is 0.273 e. The number of benzene rings is 2. The Bertz CT molecular complexity index is 1170. The summed E-state index contributed by atoms with van der Waals surface area (Å²) in [5.41, 5.74) is 1.65. The van der Waals surface area contributed by atoms with Crippen molar-refractivity contribution in [3.63, 3.8) is 0 Å². The van der Waals surface area contributed by atoms with Crippen LogP contribution in [-0.4, -0.2) is 22.9 Å². The molecule has 0 aliphatic rings. The molecule has 0 amide bonds. The average molecular weight is 398 g/mol. The van der Waals surface area contributed by atoms with Gasteiger partial charge in [-0.2, -0.15) is 3.97 Å². The van der Waals surface area contributed by atoms with E-state index in [1.165, 1.54) is 18.3 Å². The number of hydrogen-bond acceptors (Lipinski definition) is 4. The van der Waals surface area contributed by atoms with E-state index in [-0.39, 0.29) is 4.90 Å². The van der Waals surface area contributed by atoms with Crippen molar-refractivity contribution in [3.05, 3.63) is 88.1 Å². The van der Waals surface area contributed by atoms with E-state index in [1.54, 1.807) is 13.0 Å². The van der Waals surface area contributed by atoms with E-state index in [0.29, 0.717) is 10.4 Å². The number of hydrogen-bond donors (Lipinski definition) is 0. The maximum Gasteiger partial charge on any atom is 0.349 e. The summed E-state index contributed by atoms with van der Waals surface area (Å²) in [6.45, 7) is 5.53. The lowest BCUT2D eigenvalue weighted by atomic mass is 9.96. The van der Waals surface area contributed by atoms with E-state index in [9.17, 15) is 18.0 Å². The summed E-state index contributed by atoms with van der Waals surface area (Å²) in [6, 6.07) is 13.8. The standard InChI is InChI=1S/C21H22N2O4S/c1-4-19(17-8-6-5-7-9-17)20(24)22-12-13-23(21(22)25)28(26,27)18-11-10-15(2)16(3)14-18/h5-14,19H,4H2,1-3H3/t19-/m1/s1. The first-order valence-corrected chi connectivity index (χ1v) is 10.4. The van der Waals surface area contributed by atoms with Crippen LogP contribution in [0, 0.1) is 13.8 Å². The number of carbonyl (C=O) groups excluding carboxylic acids is 1. The highest BCUT2D eigenvalue weighted by Crippen LogP contribution is 2.21. The van der Waals surface area contributed by atoms with E-state index in [1.807, 2.05) is 44.2 Å². The van der Waals surface area contributed by atoms with Crippen LogP contribution in [0.15, 0.2) is 70.6 Å². The number of aromatic nitrogens is 2. The Morgan fingerprint density at radius 3 is 2.29 bits per heavy atom. The number of aryl methyl sites for hydroxylation is 2. The molecule has 0 bridgehead atoms. The molecule has 0 N–H and O–H groups in total. The zero-order valence-corrected chi connectivity index (χ0v) is 16.8. The number of carbonyl (C=O) groups is 1. The van der Waals surface area contributed by atoms with Gasteiger partial charge in [-0.3, -0.25) is 4.79 Å². The molecule has 0 saturated heterocycles. The highest BCUT2D eigenvalue weighted by molar-refractivity contribution is 7.90. The highest BCUT2D eigenvalue weighted by atomic mass is 32.2. The summed E-state index contributed by atoms with van der Waals surface area (Å²) in [5.74, 6) is -0.980. The lowest BCUT2D eigenvalue weighted by molar-refractivity contribution is 0.0870. The van der Waals surface area contributed by atoms with Crippen molar-refractivity contribution in [2.24, 2.45) is 0 Å². The van der Waals surface area contributed by atoms with Crippen LogP contribution in [0.25, 0.3) is 0 Å². The van der Waals surface area contributed by atoms with Crippen LogP contribution in [0.3, 0.4) is 0 Å². The fourth-order valence-corrected chi connectivity index (χ4v) is 4.41. The van der Waals surface area contributed by atoms with Gasteiger partial charge in [0.2, 0.25) is 5.91 Å². The van der Waals surface area contributed by atoms with E-state index in [4.69, 9.17) is 0 Å². The predicted octanol–water partition coefficient (Wildman–Crippen LogP) is 3.34. The Morgan fingerprint density at radius 1 is 1.00 bits per heavy atom. The lowest BCUT2D eigenvalue weighted by Gasteiger charge is -2.14. The summed E-state index contributed by atoms with van der Waals surface area (Å²) >= 11 is 0. The fourth-order valence-electron chi connectivity index (χ4n) is 3.11. The molecule has 0 saturated carbocycles. The highest BCUT2D eigenvalue weighted by Gasteiger charge is 2.26. The molecule has 1 heterocycles. The van der Waals surface area contributed by atoms with Crippen molar-refractivity contribution >= 4 is 15.9 Å². The van der Waals surface area contributed by atoms with Gasteiger partial charge >= 0.3 is 5.69 Å². The Balaban J connectivity index is 2.03. The monoisotopic (exact) mass is 398 g/mol. The molecule has 0 aliphatic carbocycles. The molecule has 6 nitrogen and oxygen atoms in total. The summed E-state index contributed by atoms with van der Waals surface area (Å²) in [7, 11) is -4.09. The zero-order valence-electron chi connectivity index (χ0n) is 16.0. The Labute approximate surface area is 164 Å². The van der Waals surface area contributed by atoms with Crippen LogP contribution < -0.4 is 5.69 Å². The second kappa shape index (κ2) is 7.59. The van der Waals surface area contributed by atoms with E-state index < -0.39 is 27.5 Å². The third-order valence-corrected chi connectivity index (χ3v) is 6.57. The van der Waals surface area contributed by atoms with E-state index in [0.717, 1.165) is 27.5 Å². The van der Waals surface area contributed by atoms with Crippen molar-refractivity contribution < 1.29 is 13.2 Å². The van der Waals surface area contributed by atoms with Gasteiger partial charge in [0.05, 0.1) is 10.8 Å². The van der Waals surface area contributed by atoms with Crippen molar-refractivity contribution in [1.82, 2.24) is 8.54 Å². The van der Waals surface area contributed by atoms with Crippen molar-refractivity contribution in [2.45, 2.75) is 38.0 Å². The fraction of sp³-hybridized carbons (Fsp3) is 0.238. The first-order valence-electron chi connectivity index (χ1n) is 8.99. The van der Waals surface area contributed by atoms with Crippen molar-refractivity contribution in [3.8, 4) is 0 Å². The van der Waals surface area contributed by atoms with Gasteiger partial charge in [0.15, 0.2) is 0 Å². The first-order chi connectivity index (χ1) is 13.3. The van der Waals surface area contributed by atoms with E-state index in [2.05, 4.69) is 0 Å². The Hall–Kier alpha value is -2.93. The molecular weight excluding hydrogens is 376 g/mol. The molecule has 7 heteroatoms. The number of nitrogens with zero attached hydrogens (tertiary/aromatic N) is 2. The third-order valence-electron chi connectivity index (χ3n) is 4.93. The first kappa shape index (κ1) is 19.8. The molecule has 0 fully saturated rings. The number of imidazole rings is 1. The average Bonchev–Trinajstić information content (AvgIpc) is 3.07. The zero-order chi connectivity index (χ0) is 20.5. The molecule has 146 valence electrons.